The van der Waals surface area contributed by atoms with Gasteiger partial charge < -0.3 is 10.6 Å². The Morgan fingerprint density at radius 3 is 2.47 bits per heavy atom. The maximum absolute atomic E-state index is 12.1. The molecule has 17 heavy (non-hydrogen) atoms. The van der Waals surface area contributed by atoms with Crippen molar-refractivity contribution in [3.63, 3.8) is 0 Å². The van der Waals surface area contributed by atoms with Gasteiger partial charge in [-0.3, -0.25) is 4.79 Å². The lowest BCUT2D eigenvalue weighted by atomic mass is 10.2. The quantitative estimate of drug-likeness (QED) is 0.852. The number of benzene rings is 1. The summed E-state index contributed by atoms with van der Waals surface area (Å²) < 4.78 is 0. The molecule has 86 valence electrons. The van der Waals surface area contributed by atoms with Crippen LogP contribution in [-0.4, -0.2) is 17.9 Å². The summed E-state index contributed by atoms with van der Waals surface area (Å²) in [6, 6.07) is 12.5. The monoisotopic (exact) mass is 227 g/mol. The number of carbonyl (C=O) groups is 1. The van der Waals surface area contributed by atoms with E-state index in [1.54, 1.807) is 42.4 Å². The Morgan fingerprint density at radius 2 is 1.88 bits per heavy atom. The van der Waals surface area contributed by atoms with E-state index < -0.39 is 0 Å². The molecule has 0 aliphatic heterocycles. The molecule has 1 aromatic carbocycles. The van der Waals surface area contributed by atoms with Crippen LogP contribution in [0.2, 0.25) is 0 Å². The lowest BCUT2D eigenvalue weighted by Gasteiger charge is -2.16. The molecule has 0 bridgehead atoms. The van der Waals surface area contributed by atoms with Crippen molar-refractivity contribution in [2.45, 2.75) is 0 Å². The van der Waals surface area contributed by atoms with Gasteiger partial charge >= 0.3 is 0 Å². The fourth-order valence-electron chi connectivity index (χ4n) is 1.49. The number of amides is 1. The van der Waals surface area contributed by atoms with Crippen LogP contribution in [0.3, 0.4) is 0 Å². The predicted molar refractivity (Wildman–Crippen MR) is 67.8 cm³/mol. The zero-order valence-corrected chi connectivity index (χ0v) is 9.50. The second-order valence-corrected chi connectivity index (χ2v) is 3.67. The van der Waals surface area contributed by atoms with Crippen molar-refractivity contribution >= 4 is 17.4 Å². The number of hydrogen-bond donors (Lipinski definition) is 1. The largest absolute Gasteiger partial charge is 0.384 e. The van der Waals surface area contributed by atoms with Crippen molar-refractivity contribution in [3.05, 3.63) is 54.2 Å². The number of nitrogens with zero attached hydrogens (tertiary/aromatic N) is 2. The van der Waals surface area contributed by atoms with Crippen molar-refractivity contribution in [1.82, 2.24) is 4.98 Å². The van der Waals surface area contributed by atoms with Crippen LogP contribution in [0.5, 0.6) is 0 Å². The first-order valence-corrected chi connectivity index (χ1v) is 5.23. The summed E-state index contributed by atoms with van der Waals surface area (Å²) in [7, 11) is 1.71. The molecular weight excluding hydrogens is 214 g/mol. The molecule has 2 aromatic rings. The fourth-order valence-corrected chi connectivity index (χ4v) is 1.49. The summed E-state index contributed by atoms with van der Waals surface area (Å²) in [5.74, 6) is 0.367. The van der Waals surface area contributed by atoms with Gasteiger partial charge in [0.25, 0.3) is 5.91 Å². The van der Waals surface area contributed by atoms with Gasteiger partial charge in [-0.15, -0.1) is 0 Å². The lowest BCUT2D eigenvalue weighted by Crippen LogP contribution is -2.26. The molecule has 0 radical (unpaired) electrons. The number of hydrogen-bond acceptors (Lipinski definition) is 3. The smallest absolute Gasteiger partial charge is 0.258 e. The van der Waals surface area contributed by atoms with Gasteiger partial charge in [0.2, 0.25) is 0 Å². The average molecular weight is 227 g/mol. The van der Waals surface area contributed by atoms with Crippen LogP contribution < -0.4 is 10.6 Å². The molecule has 0 unspecified atom stereocenters. The molecule has 1 amide bonds. The number of nitrogen functional groups attached to an aromatic ring is 1. The molecule has 2 N–H and O–H groups in total. The maximum Gasteiger partial charge on any atom is 0.258 e. The molecule has 2 rings (SSSR count). The molecule has 0 fully saturated rings. The van der Waals surface area contributed by atoms with Crippen LogP contribution in [0.25, 0.3) is 0 Å². The van der Waals surface area contributed by atoms with E-state index in [4.69, 9.17) is 5.73 Å². The van der Waals surface area contributed by atoms with Gasteiger partial charge in [0.15, 0.2) is 0 Å². The van der Waals surface area contributed by atoms with Gasteiger partial charge in [-0.25, -0.2) is 4.98 Å². The summed E-state index contributed by atoms with van der Waals surface area (Å²) in [6.45, 7) is 0. The molecular formula is C13H13N3O. The minimum absolute atomic E-state index is 0.0721. The van der Waals surface area contributed by atoms with Crippen LogP contribution >= 0.6 is 0 Å². The molecule has 0 saturated heterocycles. The highest BCUT2D eigenvalue weighted by molar-refractivity contribution is 6.05. The number of aromatic nitrogens is 1. The van der Waals surface area contributed by atoms with E-state index in [0.29, 0.717) is 17.1 Å². The molecule has 0 aliphatic carbocycles. The van der Waals surface area contributed by atoms with Crippen LogP contribution in [0.4, 0.5) is 11.5 Å². The fraction of sp³-hybridized carbons (Fsp3) is 0.0769. The van der Waals surface area contributed by atoms with Gasteiger partial charge in [-0.2, -0.15) is 0 Å². The highest BCUT2D eigenvalue weighted by atomic mass is 16.2. The molecule has 1 aromatic heterocycles. The van der Waals surface area contributed by atoms with Crippen LogP contribution in [0.1, 0.15) is 10.4 Å². The average Bonchev–Trinajstić information content (AvgIpc) is 2.39. The van der Waals surface area contributed by atoms with Crippen molar-refractivity contribution in [1.29, 1.82) is 0 Å². The van der Waals surface area contributed by atoms with E-state index in [1.165, 1.54) is 0 Å². The van der Waals surface area contributed by atoms with E-state index in [2.05, 4.69) is 4.98 Å². The first-order valence-electron chi connectivity index (χ1n) is 5.23. The van der Waals surface area contributed by atoms with Crippen molar-refractivity contribution in [2.24, 2.45) is 0 Å². The Morgan fingerprint density at radius 1 is 1.18 bits per heavy atom. The van der Waals surface area contributed by atoms with E-state index >= 15 is 0 Å². The summed E-state index contributed by atoms with van der Waals surface area (Å²) in [4.78, 5) is 17.6. The Balaban J connectivity index is 2.23. The first kappa shape index (κ1) is 11.1. The van der Waals surface area contributed by atoms with Crippen molar-refractivity contribution < 1.29 is 4.79 Å². The molecule has 0 spiro atoms. The van der Waals surface area contributed by atoms with Crippen molar-refractivity contribution in [2.75, 3.05) is 17.7 Å². The molecule has 4 nitrogen and oxygen atoms in total. The summed E-state index contributed by atoms with van der Waals surface area (Å²) >= 11 is 0. The second kappa shape index (κ2) is 4.65. The number of anilines is 2. The van der Waals surface area contributed by atoms with Crippen LogP contribution in [0, 0.1) is 0 Å². The Labute approximate surface area is 99.7 Å². The highest BCUT2D eigenvalue weighted by Crippen LogP contribution is 2.15. The Hall–Kier alpha value is -2.36. The van der Waals surface area contributed by atoms with Crippen LogP contribution in [-0.2, 0) is 0 Å². The molecule has 4 heteroatoms. The SMILES string of the molecule is CN(C(=O)c1ccccc1)c1ccc(N)nc1. The molecule has 0 atom stereocenters. The van der Waals surface area contributed by atoms with Gasteiger partial charge in [0.1, 0.15) is 5.82 Å². The van der Waals surface area contributed by atoms with E-state index in [1.807, 2.05) is 18.2 Å². The number of nitrogens with two attached hydrogens (primary N) is 1. The predicted octanol–water partition coefficient (Wildman–Crippen LogP) is 1.94. The van der Waals surface area contributed by atoms with Gasteiger partial charge in [0.05, 0.1) is 11.9 Å². The lowest BCUT2D eigenvalue weighted by molar-refractivity contribution is 0.0993. The van der Waals surface area contributed by atoms with Gasteiger partial charge in [-0.1, -0.05) is 18.2 Å². The van der Waals surface area contributed by atoms with Crippen LogP contribution in [0.15, 0.2) is 48.7 Å². The van der Waals surface area contributed by atoms with E-state index in [0.717, 1.165) is 0 Å². The molecule has 0 saturated carbocycles. The summed E-state index contributed by atoms with van der Waals surface area (Å²) in [5, 5.41) is 0. The number of pyridine rings is 1. The highest BCUT2D eigenvalue weighted by Gasteiger charge is 2.12. The minimum Gasteiger partial charge on any atom is -0.384 e. The number of carbonyl (C=O) groups excluding carboxylic acids is 1. The Kier molecular flexibility index (Phi) is 3.05. The normalized spacial score (nSPS) is 9.94. The Bertz CT molecular complexity index is 508. The van der Waals surface area contributed by atoms with Gasteiger partial charge in [-0.05, 0) is 24.3 Å². The standard InChI is InChI=1S/C13H13N3O/c1-16(11-7-8-12(14)15-9-11)13(17)10-5-3-2-4-6-10/h2-9H,1H3,(H2,14,15). The summed E-state index contributed by atoms with van der Waals surface area (Å²) in [6.07, 6.45) is 1.58. The third kappa shape index (κ3) is 2.42. The van der Waals surface area contributed by atoms with E-state index in [9.17, 15) is 4.79 Å². The zero-order chi connectivity index (χ0) is 12.3. The number of rotatable bonds is 2. The molecule has 0 aliphatic rings. The maximum atomic E-state index is 12.1. The van der Waals surface area contributed by atoms with Gasteiger partial charge in [0, 0.05) is 12.6 Å². The third-order valence-electron chi connectivity index (χ3n) is 2.48. The second-order valence-electron chi connectivity index (χ2n) is 3.67. The third-order valence-corrected chi connectivity index (χ3v) is 2.48. The van der Waals surface area contributed by atoms with Crippen molar-refractivity contribution in [3.8, 4) is 0 Å². The minimum atomic E-state index is -0.0721. The first-order chi connectivity index (χ1) is 8.18. The van der Waals surface area contributed by atoms with E-state index in [-0.39, 0.29) is 5.91 Å². The molecule has 1 heterocycles. The summed E-state index contributed by atoms with van der Waals surface area (Å²) in [5.41, 5.74) is 6.86. The zero-order valence-electron chi connectivity index (χ0n) is 9.50. The topological polar surface area (TPSA) is 59.2 Å².